The van der Waals surface area contributed by atoms with Crippen molar-refractivity contribution in [3.05, 3.63) is 81.9 Å². The summed E-state index contributed by atoms with van der Waals surface area (Å²) in [5.41, 5.74) is 9.43. The van der Waals surface area contributed by atoms with Crippen LogP contribution in [0.2, 0.25) is 0 Å². The minimum Gasteiger partial charge on any atom is -0.496 e. The molecule has 0 saturated heterocycles. The highest BCUT2D eigenvalue weighted by molar-refractivity contribution is 6.00. The van der Waals surface area contributed by atoms with E-state index in [9.17, 15) is 10.1 Å². The molecule has 4 rings (SSSR count). The van der Waals surface area contributed by atoms with Gasteiger partial charge in [-0.25, -0.2) is 0 Å². The van der Waals surface area contributed by atoms with Crippen LogP contribution in [0.25, 0.3) is 0 Å². The molecule has 158 valence electrons. The number of hydrogen-bond donors (Lipinski definition) is 1. The molecule has 6 heteroatoms. The van der Waals surface area contributed by atoms with Crippen LogP contribution in [0.4, 0.5) is 0 Å². The van der Waals surface area contributed by atoms with Gasteiger partial charge in [-0.1, -0.05) is 36.4 Å². The lowest BCUT2D eigenvalue weighted by atomic mass is 9.73. The lowest BCUT2D eigenvalue weighted by molar-refractivity contribution is -0.117. The third-order valence-corrected chi connectivity index (χ3v) is 6.05. The van der Waals surface area contributed by atoms with Gasteiger partial charge in [0, 0.05) is 29.5 Å². The lowest BCUT2D eigenvalue weighted by Gasteiger charge is -2.34. The molecule has 2 aromatic carbocycles. The average molecular weight is 416 g/mol. The largest absolute Gasteiger partial charge is 0.496 e. The smallest absolute Gasteiger partial charge is 0.205 e. The standard InChI is InChI=1S/C25H24N2O4/c1-14-20(29-2)10-9-17(24(14)30-3)22-18(13-26)25(27)31-21-12-16(11-19(28)23(21)22)15-7-5-4-6-8-15/h4-10,16,22H,11-12,27H2,1-3H3. The summed E-state index contributed by atoms with van der Waals surface area (Å²) in [5, 5.41) is 9.87. The first-order chi connectivity index (χ1) is 15.0. The number of carbonyl (C=O) groups is 1. The molecule has 0 radical (unpaired) electrons. The Balaban J connectivity index is 1.86. The summed E-state index contributed by atoms with van der Waals surface area (Å²) in [6, 6.07) is 15.7. The minimum atomic E-state index is -0.641. The summed E-state index contributed by atoms with van der Waals surface area (Å²) in [6.07, 6.45) is 0.886. The van der Waals surface area contributed by atoms with Crippen molar-refractivity contribution in [3.63, 3.8) is 0 Å². The number of nitrogens with two attached hydrogens (primary N) is 1. The molecule has 2 unspecified atom stereocenters. The molecule has 0 bridgehead atoms. The maximum absolute atomic E-state index is 13.4. The summed E-state index contributed by atoms with van der Waals surface area (Å²) >= 11 is 0. The number of benzene rings is 2. The Hall–Kier alpha value is -3.72. The Morgan fingerprint density at radius 3 is 2.48 bits per heavy atom. The monoisotopic (exact) mass is 416 g/mol. The lowest BCUT2D eigenvalue weighted by Crippen LogP contribution is -2.30. The van der Waals surface area contributed by atoms with Crippen molar-refractivity contribution in [3.8, 4) is 17.6 Å². The van der Waals surface area contributed by atoms with E-state index in [1.54, 1.807) is 14.2 Å². The molecule has 2 atom stereocenters. The van der Waals surface area contributed by atoms with Gasteiger partial charge < -0.3 is 19.9 Å². The molecular formula is C25H24N2O4. The highest BCUT2D eigenvalue weighted by Crippen LogP contribution is 2.49. The molecule has 1 aliphatic heterocycles. The molecular weight excluding hydrogens is 392 g/mol. The van der Waals surface area contributed by atoms with E-state index in [-0.39, 0.29) is 23.2 Å². The maximum atomic E-state index is 13.4. The molecule has 0 aromatic heterocycles. The molecule has 0 amide bonds. The SMILES string of the molecule is COc1ccc(C2C(C#N)=C(N)OC3=C2C(=O)CC(c2ccccc2)C3)c(OC)c1C. The molecule has 2 aromatic rings. The molecule has 0 saturated carbocycles. The fourth-order valence-corrected chi connectivity index (χ4v) is 4.59. The van der Waals surface area contributed by atoms with Gasteiger partial charge in [-0.3, -0.25) is 4.79 Å². The van der Waals surface area contributed by atoms with Crippen molar-refractivity contribution >= 4 is 5.78 Å². The summed E-state index contributed by atoms with van der Waals surface area (Å²) in [4.78, 5) is 13.4. The second-order valence-corrected chi connectivity index (χ2v) is 7.72. The third-order valence-electron chi connectivity index (χ3n) is 6.05. The van der Waals surface area contributed by atoms with Crippen molar-refractivity contribution in [2.75, 3.05) is 14.2 Å². The molecule has 6 nitrogen and oxygen atoms in total. The third kappa shape index (κ3) is 3.42. The Morgan fingerprint density at radius 1 is 1.10 bits per heavy atom. The molecule has 1 heterocycles. The second kappa shape index (κ2) is 8.19. The van der Waals surface area contributed by atoms with Crippen LogP contribution in [-0.4, -0.2) is 20.0 Å². The number of nitrogens with zero attached hydrogens (tertiary/aromatic N) is 1. The van der Waals surface area contributed by atoms with E-state index in [1.807, 2.05) is 49.4 Å². The summed E-state index contributed by atoms with van der Waals surface area (Å²) < 4.78 is 16.9. The van der Waals surface area contributed by atoms with Crippen LogP contribution in [0.1, 0.15) is 41.4 Å². The molecule has 2 N–H and O–H groups in total. The van der Waals surface area contributed by atoms with E-state index in [2.05, 4.69) is 6.07 Å². The molecule has 31 heavy (non-hydrogen) atoms. The number of ketones is 1. The van der Waals surface area contributed by atoms with Gasteiger partial charge in [-0.15, -0.1) is 0 Å². The molecule has 2 aliphatic rings. The minimum absolute atomic E-state index is 0.00374. The van der Waals surface area contributed by atoms with E-state index in [0.29, 0.717) is 41.2 Å². The number of ether oxygens (including phenoxy) is 3. The number of carbonyl (C=O) groups excluding carboxylic acids is 1. The maximum Gasteiger partial charge on any atom is 0.205 e. The number of methoxy groups -OCH3 is 2. The molecule has 0 spiro atoms. The van der Waals surface area contributed by atoms with Crippen molar-refractivity contribution in [2.24, 2.45) is 5.73 Å². The van der Waals surface area contributed by atoms with Crippen LogP contribution in [0, 0.1) is 18.3 Å². The highest BCUT2D eigenvalue weighted by atomic mass is 16.5. The van der Waals surface area contributed by atoms with Gasteiger partial charge >= 0.3 is 0 Å². The topological polar surface area (TPSA) is 94.6 Å². The predicted molar refractivity (Wildman–Crippen MR) is 115 cm³/mol. The quantitative estimate of drug-likeness (QED) is 0.802. The van der Waals surface area contributed by atoms with Crippen LogP contribution >= 0.6 is 0 Å². The van der Waals surface area contributed by atoms with E-state index in [0.717, 1.165) is 11.1 Å². The van der Waals surface area contributed by atoms with Crippen LogP contribution < -0.4 is 15.2 Å². The number of allylic oxidation sites excluding steroid dienone is 3. The fraction of sp³-hybridized carbons (Fsp3) is 0.280. The van der Waals surface area contributed by atoms with Crippen molar-refractivity contribution in [1.82, 2.24) is 0 Å². The van der Waals surface area contributed by atoms with Crippen LogP contribution in [0.15, 0.2) is 65.3 Å². The van der Waals surface area contributed by atoms with Gasteiger partial charge in [0.2, 0.25) is 5.88 Å². The average Bonchev–Trinajstić information content (AvgIpc) is 2.78. The van der Waals surface area contributed by atoms with Gasteiger partial charge in [-0.2, -0.15) is 5.26 Å². The van der Waals surface area contributed by atoms with Gasteiger partial charge in [0.05, 0.1) is 20.1 Å². The van der Waals surface area contributed by atoms with Gasteiger partial charge in [0.1, 0.15) is 28.9 Å². The van der Waals surface area contributed by atoms with Crippen molar-refractivity contribution in [1.29, 1.82) is 5.26 Å². The second-order valence-electron chi connectivity index (χ2n) is 7.72. The van der Waals surface area contributed by atoms with Crippen molar-refractivity contribution < 1.29 is 19.0 Å². The molecule has 0 fully saturated rings. The normalized spacial score (nSPS) is 20.6. The zero-order valence-electron chi connectivity index (χ0n) is 17.8. The first-order valence-corrected chi connectivity index (χ1v) is 10.1. The number of rotatable bonds is 4. The summed E-state index contributed by atoms with van der Waals surface area (Å²) in [6.45, 7) is 1.88. The van der Waals surface area contributed by atoms with Gasteiger partial charge in [0.15, 0.2) is 5.78 Å². The number of hydrogen-bond acceptors (Lipinski definition) is 6. The highest BCUT2D eigenvalue weighted by Gasteiger charge is 2.42. The Morgan fingerprint density at radius 2 is 1.84 bits per heavy atom. The van der Waals surface area contributed by atoms with Crippen molar-refractivity contribution in [2.45, 2.75) is 31.6 Å². The van der Waals surface area contributed by atoms with Crippen LogP contribution in [0.3, 0.4) is 0 Å². The van der Waals surface area contributed by atoms with Gasteiger partial charge in [0.25, 0.3) is 0 Å². The molecule has 1 aliphatic carbocycles. The first-order valence-electron chi connectivity index (χ1n) is 10.1. The van der Waals surface area contributed by atoms with Crippen LogP contribution in [0.5, 0.6) is 11.5 Å². The van der Waals surface area contributed by atoms with E-state index in [4.69, 9.17) is 19.9 Å². The van der Waals surface area contributed by atoms with Crippen LogP contribution in [-0.2, 0) is 9.53 Å². The van der Waals surface area contributed by atoms with E-state index >= 15 is 0 Å². The van der Waals surface area contributed by atoms with Gasteiger partial charge in [-0.05, 0) is 24.5 Å². The fourth-order valence-electron chi connectivity index (χ4n) is 4.59. The summed E-state index contributed by atoms with van der Waals surface area (Å²) in [7, 11) is 3.15. The predicted octanol–water partition coefficient (Wildman–Crippen LogP) is 4.22. The van der Waals surface area contributed by atoms with E-state index < -0.39 is 5.92 Å². The Bertz CT molecular complexity index is 1140. The Kier molecular flexibility index (Phi) is 5.43. The first kappa shape index (κ1) is 20.5. The number of Topliss-reactive ketones (excluding diaryl/α,β-unsaturated/α-hetero) is 1. The number of nitriles is 1. The van der Waals surface area contributed by atoms with E-state index in [1.165, 1.54) is 0 Å². The zero-order chi connectivity index (χ0) is 22.1. The summed E-state index contributed by atoms with van der Waals surface area (Å²) in [5.74, 6) is 1.11. The Labute approximate surface area is 181 Å². The zero-order valence-corrected chi connectivity index (χ0v) is 17.8.